The van der Waals surface area contributed by atoms with Gasteiger partial charge < -0.3 is 15.1 Å². The van der Waals surface area contributed by atoms with Crippen molar-refractivity contribution in [3.8, 4) is 0 Å². The van der Waals surface area contributed by atoms with Crippen molar-refractivity contribution >= 4 is 29.1 Å². The fourth-order valence-corrected chi connectivity index (χ4v) is 4.47. The summed E-state index contributed by atoms with van der Waals surface area (Å²) in [6.45, 7) is 5.50. The van der Waals surface area contributed by atoms with Gasteiger partial charge in [-0.25, -0.2) is 0 Å². The topological polar surface area (TPSA) is 69.7 Å². The van der Waals surface area contributed by atoms with E-state index in [0.29, 0.717) is 32.5 Å². The summed E-state index contributed by atoms with van der Waals surface area (Å²) in [5, 5.41) is 4.93. The standard InChI is InChI=1S/C19H27N3O3S/c1-13(2)20-18(24)14-5-3-9-21(11-14)19(25)16-7-8-17(23)22(16)12-15-6-4-10-26-15/h4,6,10,13-14,16H,3,5,7-9,11-12H2,1-2H3,(H,20,24). The number of piperidine rings is 1. The molecule has 1 aromatic rings. The predicted octanol–water partition coefficient (Wildman–Crippen LogP) is 2.00. The van der Waals surface area contributed by atoms with Crippen LogP contribution in [0.5, 0.6) is 0 Å². The van der Waals surface area contributed by atoms with Crippen LogP contribution >= 0.6 is 11.3 Å². The summed E-state index contributed by atoms with van der Waals surface area (Å²) >= 11 is 1.60. The molecule has 0 aliphatic carbocycles. The first-order chi connectivity index (χ1) is 12.5. The number of nitrogens with zero attached hydrogens (tertiary/aromatic N) is 2. The predicted molar refractivity (Wildman–Crippen MR) is 100 cm³/mol. The molecule has 0 aromatic carbocycles. The molecule has 3 amide bonds. The van der Waals surface area contributed by atoms with Crippen molar-refractivity contribution in [3.63, 3.8) is 0 Å². The minimum Gasteiger partial charge on any atom is -0.354 e. The molecule has 2 saturated heterocycles. The van der Waals surface area contributed by atoms with Gasteiger partial charge in [0, 0.05) is 30.4 Å². The highest BCUT2D eigenvalue weighted by atomic mass is 32.1. The second-order valence-electron chi connectivity index (χ2n) is 7.44. The van der Waals surface area contributed by atoms with Crippen LogP contribution in [0, 0.1) is 5.92 Å². The molecular weight excluding hydrogens is 350 g/mol. The molecule has 2 aliphatic rings. The van der Waals surface area contributed by atoms with E-state index in [1.165, 1.54) is 0 Å². The Morgan fingerprint density at radius 3 is 2.85 bits per heavy atom. The zero-order chi connectivity index (χ0) is 18.7. The quantitative estimate of drug-likeness (QED) is 0.853. The first-order valence-electron chi connectivity index (χ1n) is 9.36. The van der Waals surface area contributed by atoms with Crippen molar-refractivity contribution in [2.75, 3.05) is 13.1 Å². The zero-order valence-electron chi connectivity index (χ0n) is 15.4. The smallest absolute Gasteiger partial charge is 0.245 e. The Balaban J connectivity index is 1.65. The van der Waals surface area contributed by atoms with Crippen LogP contribution < -0.4 is 5.32 Å². The SMILES string of the molecule is CC(C)NC(=O)C1CCCN(C(=O)C2CCC(=O)N2Cc2cccs2)C1. The van der Waals surface area contributed by atoms with E-state index in [9.17, 15) is 14.4 Å². The van der Waals surface area contributed by atoms with Gasteiger partial charge in [0.1, 0.15) is 6.04 Å². The van der Waals surface area contributed by atoms with Gasteiger partial charge in [-0.2, -0.15) is 0 Å². The molecule has 26 heavy (non-hydrogen) atoms. The number of carbonyl (C=O) groups excluding carboxylic acids is 3. The largest absolute Gasteiger partial charge is 0.354 e. The summed E-state index contributed by atoms with van der Waals surface area (Å²) in [6.07, 6.45) is 2.63. The molecule has 0 bridgehead atoms. The van der Waals surface area contributed by atoms with E-state index in [1.807, 2.05) is 31.4 Å². The van der Waals surface area contributed by atoms with Gasteiger partial charge in [-0.05, 0) is 44.6 Å². The molecule has 7 heteroatoms. The number of nitrogens with one attached hydrogen (secondary N) is 1. The summed E-state index contributed by atoms with van der Waals surface area (Å²) in [5.74, 6) is -0.0919. The molecule has 0 radical (unpaired) electrons. The second kappa shape index (κ2) is 8.20. The zero-order valence-corrected chi connectivity index (χ0v) is 16.3. The highest BCUT2D eigenvalue weighted by Gasteiger charge is 2.40. The maximum atomic E-state index is 13.1. The lowest BCUT2D eigenvalue weighted by atomic mass is 9.96. The molecule has 6 nitrogen and oxygen atoms in total. The van der Waals surface area contributed by atoms with Gasteiger partial charge in [0.2, 0.25) is 17.7 Å². The van der Waals surface area contributed by atoms with Crippen molar-refractivity contribution < 1.29 is 14.4 Å². The minimum atomic E-state index is -0.392. The molecule has 1 N–H and O–H groups in total. The molecule has 142 valence electrons. The van der Waals surface area contributed by atoms with Crippen molar-refractivity contribution in [1.29, 1.82) is 0 Å². The summed E-state index contributed by atoms with van der Waals surface area (Å²) < 4.78 is 0. The minimum absolute atomic E-state index is 0.00514. The number of likely N-dealkylation sites (tertiary alicyclic amines) is 2. The number of thiophene rings is 1. The maximum absolute atomic E-state index is 13.1. The number of rotatable bonds is 5. The average Bonchev–Trinajstić information content (AvgIpc) is 3.25. The summed E-state index contributed by atoms with van der Waals surface area (Å²) in [5.41, 5.74) is 0. The first kappa shape index (κ1) is 18.9. The Morgan fingerprint density at radius 1 is 1.35 bits per heavy atom. The van der Waals surface area contributed by atoms with Gasteiger partial charge in [0.25, 0.3) is 0 Å². The number of hydrogen-bond donors (Lipinski definition) is 1. The van der Waals surface area contributed by atoms with Crippen LogP contribution in [0.2, 0.25) is 0 Å². The monoisotopic (exact) mass is 377 g/mol. The molecule has 1 aromatic heterocycles. The molecule has 0 saturated carbocycles. The van der Waals surface area contributed by atoms with Gasteiger partial charge in [0.15, 0.2) is 0 Å². The third kappa shape index (κ3) is 4.26. The lowest BCUT2D eigenvalue weighted by Gasteiger charge is -2.35. The molecule has 3 rings (SSSR count). The third-order valence-electron chi connectivity index (χ3n) is 5.05. The Labute approximate surface area is 158 Å². The van der Waals surface area contributed by atoms with Gasteiger partial charge in [-0.15, -0.1) is 11.3 Å². The number of amides is 3. The number of carbonyl (C=O) groups is 3. The van der Waals surface area contributed by atoms with E-state index in [-0.39, 0.29) is 29.7 Å². The number of hydrogen-bond acceptors (Lipinski definition) is 4. The van der Waals surface area contributed by atoms with Crippen molar-refractivity contribution in [3.05, 3.63) is 22.4 Å². The van der Waals surface area contributed by atoms with Crippen LogP contribution in [0.25, 0.3) is 0 Å². The fraction of sp³-hybridized carbons (Fsp3) is 0.632. The van der Waals surface area contributed by atoms with Gasteiger partial charge in [0.05, 0.1) is 12.5 Å². The van der Waals surface area contributed by atoms with Crippen LogP contribution in [0.15, 0.2) is 17.5 Å². The lowest BCUT2D eigenvalue weighted by Crippen LogP contribution is -2.52. The fourth-order valence-electron chi connectivity index (χ4n) is 3.76. The van der Waals surface area contributed by atoms with E-state index >= 15 is 0 Å². The Kier molecular flexibility index (Phi) is 5.96. The van der Waals surface area contributed by atoms with Gasteiger partial charge in [-0.1, -0.05) is 6.07 Å². The maximum Gasteiger partial charge on any atom is 0.245 e. The van der Waals surface area contributed by atoms with E-state index in [0.717, 1.165) is 17.7 Å². The molecule has 2 unspecified atom stereocenters. The molecular formula is C19H27N3O3S. The first-order valence-corrected chi connectivity index (χ1v) is 10.2. The Bertz CT molecular complexity index is 659. The van der Waals surface area contributed by atoms with E-state index in [2.05, 4.69) is 5.32 Å². The van der Waals surface area contributed by atoms with Crippen LogP contribution in [0.3, 0.4) is 0 Å². The third-order valence-corrected chi connectivity index (χ3v) is 5.92. The van der Waals surface area contributed by atoms with Crippen molar-refractivity contribution in [1.82, 2.24) is 15.1 Å². The van der Waals surface area contributed by atoms with Crippen molar-refractivity contribution in [2.24, 2.45) is 5.92 Å². The van der Waals surface area contributed by atoms with E-state index < -0.39 is 6.04 Å². The average molecular weight is 378 g/mol. The molecule has 2 fully saturated rings. The van der Waals surface area contributed by atoms with Crippen LogP contribution in [-0.2, 0) is 20.9 Å². The summed E-state index contributed by atoms with van der Waals surface area (Å²) in [6, 6.07) is 3.66. The highest BCUT2D eigenvalue weighted by molar-refractivity contribution is 7.09. The lowest BCUT2D eigenvalue weighted by molar-refractivity contribution is -0.144. The van der Waals surface area contributed by atoms with Crippen LogP contribution in [0.4, 0.5) is 0 Å². The summed E-state index contributed by atoms with van der Waals surface area (Å²) in [7, 11) is 0. The second-order valence-corrected chi connectivity index (χ2v) is 8.47. The van der Waals surface area contributed by atoms with Gasteiger partial charge >= 0.3 is 0 Å². The molecule has 3 heterocycles. The Morgan fingerprint density at radius 2 is 2.15 bits per heavy atom. The Hall–Kier alpha value is -1.89. The van der Waals surface area contributed by atoms with Crippen LogP contribution in [0.1, 0.15) is 44.4 Å². The normalized spacial score (nSPS) is 23.6. The molecule has 2 aliphatic heterocycles. The molecule has 0 spiro atoms. The van der Waals surface area contributed by atoms with E-state index in [1.54, 1.807) is 21.1 Å². The highest BCUT2D eigenvalue weighted by Crippen LogP contribution is 2.26. The van der Waals surface area contributed by atoms with E-state index in [4.69, 9.17) is 0 Å². The summed E-state index contributed by atoms with van der Waals surface area (Å²) in [4.78, 5) is 42.3. The van der Waals surface area contributed by atoms with Crippen LogP contribution in [-0.4, -0.2) is 52.7 Å². The van der Waals surface area contributed by atoms with Crippen molar-refractivity contribution in [2.45, 2.75) is 58.2 Å². The molecule has 2 atom stereocenters. The van der Waals surface area contributed by atoms with Gasteiger partial charge in [-0.3, -0.25) is 14.4 Å².